The van der Waals surface area contributed by atoms with Gasteiger partial charge in [0.25, 0.3) is 0 Å². The molecule has 17 heteroatoms. The third-order valence-electron chi connectivity index (χ3n) is 7.30. The van der Waals surface area contributed by atoms with Crippen molar-refractivity contribution in [2.75, 3.05) is 36.2 Å². The highest BCUT2D eigenvalue weighted by atomic mass is 35.5. The molecule has 0 spiro atoms. The minimum Gasteiger partial charge on any atom is -0.462 e. The molecule has 2 fully saturated rings. The molecule has 1 aromatic carbocycles. The zero-order valence-electron chi connectivity index (χ0n) is 24.5. The number of aliphatic hydroxyl groups is 1. The van der Waals surface area contributed by atoms with Gasteiger partial charge in [-0.3, -0.25) is 13.9 Å². The standard InChI is InChI=1S/C27H36ClFN7O7P/c1-16(2)41-25(38)17(3)34-44(39,43-18-9-5-4-6-10-18)40-14-27(13-28)21(37)19(29)24(42-27)36-15-31-20-22(35-11-7-8-12-35)32-26(30)33-23(20)36/h4-6,9-10,15-17,19,21,24,37H,7-8,11-14H2,1-3H3,(H,34,39)(H2,30,32,33)/t17-,19-,21-,24+,27+,44-/m0/s1. The molecular weight excluding hydrogens is 620 g/mol. The van der Waals surface area contributed by atoms with Gasteiger partial charge in [0.15, 0.2) is 29.4 Å². The summed E-state index contributed by atoms with van der Waals surface area (Å²) in [5, 5.41) is 13.7. The van der Waals surface area contributed by atoms with Crippen LogP contribution in [0, 0.1) is 0 Å². The molecule has 0 bridgehead atoms. The number of benzene rings is 1. The Morgan fingerprint density at radius 1 is 1.27 bits per heavy atom. The molecule has 0 unspecified atom stereocenters. The summed E-state index contributed by atoms with van der Waals surface area (Å²) < 4.78 is 53.8. The molecule has 6 atom stereocenters. The van der Waals surface area contributed by atoms with Gasteiger partial charge in [-0.25, -0.2) is 13.9 Å². The lowest BCUT2D eigenvalue weighted by Gasteiger charge is -2.31. The Morgan fingerprint density at radius 2 is 1.98 bits per heavy atom. The average molecular weight is 656 g/mol. The molecule has 14 nitrogen and oxygen atoms in total. The second-order valence-corrected chi connectivity index (χ2v) is 13.0. The van der Waals surface area contributed by atoms with E-state index >= 15 is 4.39 Å². The monoisotopic (exact) mass is 655 g/mol. The number of aromatic nitrogens is 4. The van der Waals surface area contributed by atoms with Crippen LogP contribution < -0.4 is 20.2 Å². The van der Waals surface area contributed by atoms with Gasteiger partial charge in [-0.2, -0.15) is 15.1 Å². The fourth-order valence-electron chi connectivity index (χ4n) is 5.08. The number of carbonyl (C=O) groups is 1. The first-order chi connectivity index (χ1) is 20.9. The first kappa shape index (κ1) is 32.3. The van der Waals surface area contributed by atoms with E-state index in [-0.39, 0.29) is 17.3 Å². The van der Waals surface area contributed by atoms with Gasteiger partial charge in [0.2, 0.25) is 5.95 Å². The highest BCUT2D eigenvalue weighted by molar-refractivity contribution is 7.52. The van der Waals surface area contributed by atoms with Crippen LogP contribution in [0.3, 0.4) is 0 Å². The van der Waals surface area contributed by atoms with Gasteiger partial charge in [-0.05, 0) is 45.7 Å². The van der Waals surface area contributed by atoms with Crippen molar-refractivity contribution in [1.29, 1.82) is 0 Å². The van der Waals surface area contributed by atoms with Crippen LogP contribution in [0.1, 0.15) is 39.8 Å². The van der Waals surface area contributed by atoms with Crippen LogP contribution in [0.15, 0.2) is 36.7 Å². The van der Waals surface area contributed by atoms with Crippen molar-refractivity contribution in [3.05, 3.63) is 36.7 Å². The highest BCUT2D eigenvalue weighted by Crippen LogP contribution is 2.49. The summed E-state index contributed by atoms with van der Waals surface area (Å²) in [5.74, 6) is -0.491. The first-order valence-corrected chi connectivity index (χ1v) is 16.3. The van der Waals surface area contributed by atoms with Crippen molar-refractivity contribution in [2.24, 2.45) is 0 Å². The number of hydrogen-bond donors (Lipinski definition) is 3. The summed E-state index contributed by atoms with van der Waals surface area (Å²) in [6.07, 6.45) is -2.41. The van der Waals surface area contributed by atoms with Crippen LogP contribution in [-0.4, -0.2) is 86.2 Å². The number of ether oxygens (including phenoxy) is 2. The number of esters is 1. The molecule has 2 aliphatic heterocycles. The Morgan fingerprint density at radius 3 is 2.64 bits per heavy atom. The first-order valence-electron chi connectivity index (χ1n) is 14.2. The summed E-state index contributed by atoms with van der Waals surface area (Å²) >= 11 is 6.27. The predicted octanol–water partition coefficient (Wildman–Crippen LogP) is 3.35. The number of fused-ring (bicyclic) bond motifs is 1. The molecule has 44 heavy (non-hydrogen) atoms. The number of carbonyl (C=O) groups excluding carboxylic acids is 1. The zero-order chi connectivity index (χ0) is 31.6. The summed E-state index contributed by atoms with van der Waals surface area (Å²) in [6, 6.07) is 6.98. The number of alkyl halides is 2. The van der Waals surface area contributed by atoms with E-state index in [0.29, 0.717) is 11.3 Å². The highest BCUT2D eigenvalue weighted by Gasteiger charge is 2.57. The normalized spacial score (nSPS) is 25.8. The maximum Gasteiger partial charge on any atom is 0.459 e. The number of para-hydroxylation sites is 1. The second kappa shape index (κ2) is 13.1. The molecular formula is C27H36ClFN7O7P. The number of imidazole rings is 1. The van der Waals surface area contributed by atoms with Gasteiger partial charge in [0.05, 0.1) is 24.9 Å². The van der Waals surface area contributed by atoms with Crippen LogP contribution in [0.4, 0.5) is 16.2 Å². The molecule has 0 amide bonds. The van der Waals surface area contributed by atoms with E-state index in [2.05, 4.69) is 20.0 Å². The quantitative estimate of drug-likeness (QED) is 0.147. The van der Waals surface area contributed by atoms with E-state index in [1.165, 1.54) is 30.0 Å². The minimum atomic E-state index is -4.38. The number of rotatable bonds is 12. The fourth-order valence-corrected chi connectivity index (χ4v) is 6.93. The molecule has 4 heterocycles. The average Bonchev–Trinajstić information content (AvgIpc) is 3.72. The third-order valence-corrected chi connectivity index (χ3v) is 9.38. The van der Waals surface area contributed by atoms with Gasteiger partial charge in [0, 0.05) is 13.1 Å². The van der Waals surface area contributed by atoms with Crippen LogP contribution in [0.2, 0.25) is 0 Å². The lowest BCUT2D eigenvalue weighted by Crippen LogP contribution is -2.48. The number of aliphatic hydroxyl groups excluding tert-OH is 1. The molecule has 0 aliphatic carbocycles. The van der Waals surface area contributed by atoms with Gasteiger partial charge >= 0.3 is 13.7 Å². The topological polar surface area (TPSA) is 176 Å². The lowest BCUT2D eigenvalue weighted by atomic mass is 9.99. The summed E-state index contributed by atoms with van der Waals surface area (Å²) in [5.41, 5.74) is 4.73. The Balaban J connectivity index is 1.41. The molecule has 3 aromatic rings. The van der Waals surface area contributed by atoms with E-state index in [1.807, 2.05) is 4.90 Å². The number of nitrogen functional groups attached to an aromatic ring is 1. The Kier molecular flexibility index (Phi) is 9.64. The van der Waals surface area contributed by atoms with E-state index in [4.69, 9.17) is 35.9 Å². The lowest BCUT2D eigenvalue weighted by molar-refractivity contribution is -0.149. The Bertz CT molecular complexity index is 1510. The molecule has 0 saturated carbocycles. The van der Waals surface area contributed by atoms with E-state index in [9.17, 15) is 14.5 Å². The maximum absolute atomic E-state index is 15.9. The van der Waals surface area contributed by atoms with E-state index < -0.39 is 62.5 Å². The Hall–Kier alpha value is -3.07. The van der Waals surface area contributed by atoms with Crippen molar-refractivity contribution >= 4 is 48.2 Å². The third kappa shape index (κ3) is 6.63. The van der Waals surface area contributed by atoms with Crippen molar-refractivity contribution in [2.45, 2.75) is 69.9 Å². The number of nitrogens with one attached hydrogen (secondary N) is 1. The van der Waals surface area contributed by atoms with E-state index in [1.54, 1.807) is 32.0 Å². The van der Waals surface area contributed by atoms with Crippen molar-refractivity contribution < 1.29 is 37.4 Å². The van der Waals surface area contributed by atoms with Gasteiger partial charge in [0.1, 0.15) is 23.5 Å². The van der Waals surface area contributed by atoms with Crippen LogP contribution in [0.25, 0.3) is 11.2 Å². The van der Waals surface area contributed by atoms with Crippen LogP contribution in [0.5, 0.6) is 5.75 Å². The summed E-state index contributed by atoms with van der Waals surface area (Å²) in [7, 11) is -4.38. The SMILES string of the molecule is CC(C)OC(=O)[C@H](C)N[P@](=O)(OC[C@@]1(CCl)O[C@@H](n2cnc3c(N4CCCC4)nc(N)nc32)[C@@H](F)[C@@H]1O)Oc1ccccc1. The van der Waals surface area contributed by atoms with Crippen molar-refractivity contribution in [3.8, 4) is 5.75 Å². The summed E-state index contributed by atoms with van der Waals surface area (Å²) in [6.45, 7) is 5.62. The number of anilines is 2. The molecule has 4 N–H and O–H groups in total. The van der Waals surface area contributed by atoms with Gasteiger partial charge in [-0.1, -0.05) is 18.2 Å². The minimum absolute atomic E-state index is 0.0303. The van der Waals surface area contributed by atoms with Crippen LogP contribution in [-0.2, 0) is 23.4 Å². The molecule has 2 aliphatic rings. The van der Waals surface area contributed by atoms with Gasteiger partial charge in [-0.15, -0.1) is 11.6 Å². The number of nitrogens with two attached hydrogens (primary N) is 1. The number of halogens is 2. The molecule has 2 aromatic heterocycles. The zero-order valence-corrected chi connectivity index (χ0v) is 26.2. The van der Waals surface area contributed by atoms with Crippen molar-refractivity contribution in [3.63, 3.8) is 0 Å². The second-order valence-electron chi connectivity index (χ2n) is 11.0. The number of hydrogen-bond acceptors (Lipinski definition) is 12. The molecule has 0 radical (unpaired) electrons. The van der Waals surface area contributed by atoms with Crippen molar-refractivity contribution in [1.82, 2.24) is 24.6 Å². The molecule has 2 saturated heterocycles. The smallest absolute Gasteiger partial charge is 0.459 e. The van der Waals surface area contributed by atoms with Gasteiger partial charge < -0.3 is 29.7 Å². The predicted molar refractivity (Wildman–Crippen MR) is 160 cm³/mol. The number of nitrogens with zero attached hydrogens (tertiary/aromatic N) is 5. The summed E-state index contributed by atoms with van der Waals surface area (Å²) in [4.78, 5) is 27.6. The fraction of sp³-hybridized carbons (Fsp3) is 0.556. The largest absolute Gasteiger partial charge is 0.462 e. The Labute approximate surface area is 258 Å². The molecule has 5 rings (SSSR count). The van der Waals surface area contributed by atoms with Crippen LogP contribution >= 0.6 is 19.3 Å². The maximum atomic E-state index is 15.9. The molecule has 240 valence electrons. The van der Waals surface area contributed by atoms with E-state index in [0.717, 1.165) is 25.9 Å².